The van der Waals surface area contributed by atoms with Crippen molar-refractivity contribution < 1.29 is 18.7 Å². The van der Waals surface area contributed by atoms with Crippen molar-refractivity contribution in [3.63, 3.8) is 0 Å². The van der Waals surface area contributed by atoms with Crippen molar-refractivity contribution in [2.45, 2.75) is 0 Å². The maximum atomic E-state index is 13.6. The van der Waals surface area contributed by atoms with Crippen LogP contribution in [0.15, 0.2) is 78.9 Å². The number of hydrogen-bond donors (Lipinski definition) is 3. The lowest BCUT2D eigenvalue weighted by Gasteiger charge is -2.18. The molecule has 31 heavy (non-hydrogen) atoms. The monoisotopic (exact) mass is 422 g/mol. The van der Waals surface area contributed by atoms with Crippen LogP contribution in [0.3, 0.4) is 0 Å². The zero-order valence-corrected chi connectivity index (χ0v) is 17.0. The highest BCUT2D eigenvalue weighted by atomic mass is 19.1. The van der Waals surface area contributed by atoms with Crippen LogP contribution in [0.2, 0.25) is 0 Å². The number of ether oxygens (including phenoxy) is 1. The lowest BCUT2D eigenvalue weighted by atomic mass is 10.3. The molecule has 0 aliphatic rings. The largest absolute Gasteiger partial charge is 0.489 e. The summed E-state index contributed by atoms with van der Waals surface area (Å²) in [7, 11) is 1.61. The first kappa shape index (κ1) is 21.6. The third-order valence-corrected chi connectivity index (χ3v) is 4.27. The number of para-hydroxylation sites is 2. The van der Waals surface area contributed by atoms with Crippen molar-refractivity contribution in [2.24, 2.45) is 0 Å². The number of urea groups is 2. The molecule has 0 aliphatic carbocycles. The fourth-order valence-corrected chi connectivity index (χ4v) is 2.66. The van der Waals surface area contributed by atoms with Gasteiger partial charge in [0.1, 0.15) is 6.61 Å². The zero-order chi connectivity index (χ0) is 22.1. The lowest BCUT2D eigenvalue weighted by molar-refractivity contribution is 0.206. The van der Waals surface area contributed by atoms with E-state index in [1.165, 1.54) is 17.0 Å². The van der Waals surface area contributed by atoms with E-state index < -0.39 is 11.8 Å². The first-order valence-corrected chi connectivity index (χ1v) is 9.64. The molecule has 0 radical (unpaired) electrons. The molecule has 3 aromatic carbocycles. The van der Waals surface area contributed by atoms with Gasteiger partial charge in [0.15, 0.2) is 11.6 Å². The van der Waals surface area contributed by atoms with E-state index >= 15 is 0 Å². The van der Waals surface area contributed by atoms with E-state index in [2.05, 4.69) is 16.0 Å². The van der Waals surface area contributed by atoms with Crippen LogP contribution in [0, 0.1) is 5.82 Å². The van der Waals surface area contributed by atoms with Crippen molar-refractivity contribution in [1.29, 1.82) is 0 Å². The van der Waals surface area contributed by atoms with Crippen LogP contribution >= 0.6 is 0 Å². The second-order valence-electron chi connectivity index (χ2n) is 6.66. The van der Waals surface area contributed by atoms with Crippen molar-refractivity contribution >= 4 is 29.1 Å². The van der Waals surface area contributed by atoms with Gasteiger partial charge in [0.05, 0.1) is 6.54 Å². The van der Waals surface area contributed by atoms with E-state index in [0.29, 0.717) is 17.1 Å². The predicted octanol–water partition coefficient (Wildman–Crippen LogP) is 5.01. The molecule has 0 fully saturated rings. The molecule has 0 heterocycles. The molecule has 0 saturated carbocycles. The Bertz CT molecular complexity index is 1030. The first-order chi connectivity index (χ1) is 15.0. The van der Waals surface area contributed by atoms with Gasteiger partial charge in [-0.1, -0.05) is 36.4 Å². The van der Waals surface area contributed by atoms with E-state index in [9.17, 15) is 14.0 Å². The van der Waals surface area contributed by atoms with Gasteiger partial charge in [-0.05, 0) is 42.5 Å². The summed E-state index contributed by atoms with van der Waals surface area (Å²) in [6.45, 7) is 0.406. The first-order valence-electron chi connectivity index (χ1n) is 9.64. The van der Waals surface area contributed by atoms with E-state index in [0.717, 1.165) is 0 Å². The molecule has 3 aromatic rings. The zero-order valence-electron chi connectivity index (χ0n) is 17.0. The fraction of sp³-hybridized carbons (Fsp3) is 0.130. The van der Waals surface area contributed by atoms with Gasteiger partial charge in [0.25, 0.3) is 0 Å². The summed E-state index contributed by atoms with van der Waals surface area (Å²) in [4.78, 5) is 25.9. The van der Waals surface area contributed by atoms with E-state index in [4.69, 9.17) is 4.74 Å². The van der Waals surface area contributed by atoms with Gasteiger partial charge in [0, 0.05) is 24.1 Å². The minimum Gasteiger partial charge on any atom is -0.489 e. The Balaban J connectivity index is 1.48. The molecule has 0 aliphatic heterocycles. The second-order valence-corrected chi connectivity index (χ2v) is 6.66. The summed E-state index contributed by atoms with van der Waals surface area (Å²) in [6.07, 6.45) is 0. The topological polar surface area (TPSA) is 82.7 Å². The van der Waals surface area contributed by atoms with Crippen LogP contribution in [0.5, 0.6) is 5.75 Å². The van der Waals surface area contributed by atoms with Crippen LogP contribution in [0.25, 0.3) is 0 Å². The van der Waals surface area contributed by atoms with Crippen LogP contribution in [0.1, 0.15) is 0 Å². The Morgan fingerprint density at radius 3 is 2.19 bits per heavy atom. The molecule has 160 valence electrons. The highest BCUT2D eigenvalue weighted by Gasteiger charge is 2.10. The van der Waals surface area contributed by atoms with Gasteiger partial charge >= 0.3 is 12.1 Å². The normalized spacial score (nSPS) is 10.1. The molecule has 0 saturated heterocycles. The van der Waals surface area contributed by atoms with Crippen molar-refractivity contribution in [2.75, 3.05) is 36.1 Å². The average Bonchev–Trinajstić information content (AvgIpc) is 2.76. The Morgan fingerprint density at radius 2 is 1.45 bits per heavy atom. The van der Waals surface area contributed by atoms with Crippen molar-refractivity contribution in [3.05, 3.63) is 84.7 Å². The molecular weight excluding hydrogens is 399 g/mol. The van der Waals surface area contributed by atoms with Crippen molar-refractivity contribution in [3.8, 4) is 5.75 Å². The Hall–Kier alpha value is -4.07. The molecule has 3 N–H and O–H groups in total. The minimum absolute atomic E-state index is 0.142. The van der Waals surface area contributed by atoms with Crippen LogP contribution in [-0.2, 0) is 0 Å². The summed E-state index contributed by atoms with van der Waals surface area (Å²) in [5, 5.41) is 8.19. The van der Waals surface area contributed by atoms with Crippen LogP contribution in [0.4, 0.5) is 31.0 Å². The quantitative estimate of drug-likeness (QED) is 0.500. The van der Waals surface area contributed by atoms with E-state index in [1.807, 2.05) is 18.2 Å². The van der Waals surface area contributed by atoms with E-state index in [-0.39, 0.29) is 24.9 Å². The molecule has 0 aromatic heterocycles. The number of hydrogen-bond acceptors (Lipinski definition) is 3. The van der Waals surface area contributed by atoms with Gasteiger partial charge in [-0.3, -0.25) is 0 Å². The highest BCUT2D eigenvalue weighted by molar-refractivity contribution is 6.00. The number of carbonyl (C=O) groups is 2. The predicted molar refractivity (Wildman–Crippen MR) is 119 cm³/mol. The molecule has 0 spiro atoms. The Morgan fingerprint density at radius 1 is 0.839 bits per heavy atom. The summed E-state index contributed by atoms with van der Waals surface area (Å²) < 4.78 is 18.9. The highest BCUT2D eigenvalue weighted by Crippen LogP contribution is 2.17. The van der Waals surface area contributed by atoms with E-state index in [1.54, 1.807) is 55.6 Å². The molecule has 0 atom stereocenters. The standard InChI is InChI=1S/C23H23FN4O3/c1-28(14-15-31-21-13-6-5-12-20(21)24)23(30)27-19-11-7-10-18(16-19)26-22(29)25-17-8-3-2-4-9-17/h2-13,16H,14-15H2,1H3,(H,27,30)(H2,25,26,29). The number of benzene rings is 3. The third kappa shape index (κ3) is 6.74. The summed E-state index contributed by atoms with van der Waals surface area (Å²) >= 11 is 0. The molecular formula is C23H23FN4O3. The SMILES string of the molecule is CN(CCOc1ccccc1F)C(=O)Nc1cccc(NC(=O)Nc2ccccc2)c1. The molecule has 0 unspecified atom stereocenters. The Labute approximate surface area is 179 Å². The average molecular weight is 422 g/mol. The third-order valence-electron chi connectivity index (χ3n) is 4.27. The molecule has 7 nitrogen and oxygen atoms in total. The number of carbonyl (C=O) groups excluding carboxylic acids is 2. The number of likely N-dealkylation sites (N-methyl/N-ethyl adjacent to an activating group) is 1. The van der Waals surface area contributed by atoms with Gasteiger partial charge in [-0.2, -0.15) is 0 Å². The number of halogens is 1. The number of anilines is 3. The second kappa shape index (κ2) is 10.6. The summed E-state index contributed by atoms with van der Waals surface area (Å²) in [5.41, 5.74) is 1.71. The minimum atomic E-state index is -0.449. The Kier molecular flexibility index (Phi) is 7.42. The maximum Gasteiger partial charge on any atom is 0.323 e. The van der Waals surface area contributed by atoms with Gasteiger partial charge in [0.2, 0.25) is 0 Å². The number of nitrogens with one attached hydrogen (secondary N) is 3. The fourth-order valence-electron chi connectivity index (χ4n) is 2.66. The molecule has 4 amide bonds. The van der Waals surface area contributed by atoms with Crippen molar-refractivity contribution in [1.82, 2.24) is 4.90 Å². The van der Waals surface area contributed by atoms with Crippen LogP contribution < -0.4 is 20.7 Å². The smallest absolute Gasteiger partial charge is 0.323 e. The molecule has 0 bridgehead atoms. The van der Waals surface area contributed by atoms with Crippen LogP contribution in [-0.4, -0.2) is 37.2 Å². The lowest BCUT2D eigenvalue weighted by Crippen LogP contribution is -2.34. The number of amides is 4. The summed E-state index contributed by atoms with van der Waals surface area (Å²) in [5.74, 6) is -0.306. The number of nitrogens with zero attached hydrogens (tertiary/aromatic N) is 1. The number of rotatable bonds is 7. The maximum absolute atomic E-state index is 13.6. The van der Waals surface area contributed by atoms with Gasteiger partial charge < -0.3 is 25.6 Å². The molecule has 8 heteroatoms. The van der Waals surface area contributed by atoms with Gasteiger partial charge in [-0.25, -0.2) is 14.0 Å². The van der Waals surface area contributed by atoms with Gasteiger partial charge in [-0.15, -0.1) is 0 Å². The summed E-state index contributed by atoms with van der Waals surface area (Å²) in [6, 6.07) is 21.2. The molecule has 3 rings (SSSR count).